The average molecular weight is 403 g/mol. The first-order valence-corrected chi connectivity index (χ1v) is 10.1. The lowest BCUT2D eigenvalue weighted by Gasteiger charge is -2.34. The van der Waals surface area contributed by atoms with Crippen molar-refractivity contribution in [3.8, 4) is 22.6 Å². The lowest BCUT2D eigenvalue weighted by Crippen LogP contribution is -2.34. The molecule has 154 valence electrons. The van der Waals surface area contributed by atoms with Crippen LogP contribution in [-0.4, -0.2) is 18.8 Å². The summed E-state index contributed by atoms with van der Waals surface area (Å²) in [6.45, 7) is 6.32. The number of nitrogens with one attached hydrogen (secondary N) is 1. The van der Waals surface area contributed by atoms with Crippen LogP contribution in [0.5, 0.6) is 11.5 Å². The molecule has 0 fully saturated rings. The normalized spacial score (nSPS) is 15.4. The zero-order chi connectivity index (χ0) is 21.3. The SMILES string of the molecule is COc1ccc(F)cc1-c1ccc2c(c1)C(C(C)Oc1ccccc1)=CC(C)(C)N2. The van der Waals surface area contributed by atoms with Crippen molar-refractivity contribution in [3.63, 3.8) is 0 Å². The molecule has 0 aromatic heterocycles. The molecule has 4 rings (SSSR count). The fourth-order valence-corrected chi connectivity index (χ4v) is 3.92. The van der Waals surface area contributed by atoms with Gasteiger partial charge >= 0.3 is 0 Å². The molecule has 3 aromatic carbocycles. The minimum absolute atomic E-state index is 0.155. The quantitative estimate of drug-likeness (QED) is 0.523. The summed E-state index contributed by atoms with van der Waals surface area (Å²) in [5.41, 5.74) is 4.57. The Balaban J connectivity index is 1.77. The fraction of sp³-hybridized carbons (Fsp3) is 0.231. The summed E-state index contributed by atoms with van der Waals surface area (Å²) < 4.78 is 25.7. The van der Waals surface area contributed by atoms with E-state index >= 15 is 0 Å². The Bertz CT molecular complexity index is 1090. The van der Waals surface area contributed by atoms with Crippen LogP contribution in [0.4, 0.5) is 10.1 Å². The van der Waals surface area contributed by atoms with Crippen LogP contribution in [0.15, 0.2) is 72.8 Å². The largest absolute Gasteiger partial charge is 0.496 e. The number of para-hydroxylation sites is 1. The second-order valence-electron chi connectivity index (χ2n) is 8.12. The maximum atomic E-state index is 14.0. The molecule has 1 atom stereocenters. The van der Waals surface area contributed by atoms with Crippen molar-refractivity contribution < 1.29 is 13.9 Å². The molecular weight excluding hydrogens is 377 g/mol. The van der Waals surface area contributed by atoms with Gasteiger partial charge in [0.25, 0.3) is 0 Å². The summed E-state index contributed by atoms with van der Waals surface area (Å²) in [5, 5.41) is 3.57. The standard InChI is InChI=1S/C26H26FNO2/c1-17(30-20-8-6-5-7-9-20)23-16-26(2,3)28-24-12-10-18(14-22(23)24)21-15-19(27)11-13-25(21)29-4/h5-17,28H,1-4H3. The van der Waals surface area contributed by atoms with Crippen LogP contribution >= 0.6 is 0 Å². The summed E-state index contributed by atoms with van der Waals surface area (Å²) in [6.07, 6.45) is 2.05. The predicted octanol–water partition coefficient (Wildman–Crippen LogP) is 6.56. The van der Waals surface area contributed by atoms with Gasteiger partial charge in [-0.15, -0.1) is 0 Å². The number of fused-ring (bicyclic) bond motifs is 1. The van der Waals surface area contributed by atoms with E-state index in [1.165, 1.54) is 12.1 Å². The number of ether oxygens (including phenoxy) is 2. The Morgan fingerprint density at radius 1 is 0.933 bits per heavy atom. The summed E-state index contributed by atoms with van der Waals surface area (Å²) in [4.78, 5) is 0. The molecule has 0 bridgehead atoms. The third-order valence-electron chi connectivity index (χ3n) is 5.27. The molecule has 1 aliphatic rings. The van der Waals surface area contributed by atoms with Crippen LogP contribution in [-0.2, 0) is 0 Å². The first-order chi connectivity index (χ1) is 14.4. The van der Waals surface area contributed by atoms with Crippen molar-refractivity contribution in [1.29, 1.82) is 0 Å². The van der Waals surface area contributed by atoms with Gasteiger partial charge in [0.2, 0.25) is 0 Å². The van der Waals surface area contributed by atoms with E-state index in [0.717, 1.165) is 33.7 Å². The Hall–Kier alpha value is -3.27. The average Bonchev–Trinajstić information content (AvgIpc) is 2.73. The topological polar surface area (TPSA) is 30.5 Å². The molecule has 30 heavy (non-hydrogen) atoms. The van der Waals surface area contributed by atoms with Gasteiger partial charge in [-0.1, -0.05) is 30.3 Å². The van der Waals surface area contributed by atoms with E-state index in [1.54, 1.807) is 13.2 Å². The van der Waals surface area contributed by atoms with Crippen LogP contribution in [0.1, 0.15) is 26.3 Å². The van der Waals surface area contributed by atoms with E-state index < -0.39 is 0 Å². The monoisotopic (exact) mass is 403 g/mol. The van der Waals surface area contributed by atoms with Crippen molar-refractivity contribution >= 4 is 11.3 Å². The van der Waals surface area contributed by atoms with Gasteiger partial charge in [-0.2, -0.15) is 0 Å². The van der Waals surface area contributed by atoms with Crippen LogP contribution in [0.25, 0.3) is 16.7 Å². The fourth-order valence-electron chi connectivity index (χ4n) is 3.92. The van der Waals surface area contributed by atoms with Crippen molar-refractivity contribution in [1.82, 2.24) is 0 Å². The molecular formula is C26H26FNO2. The third-order valence-corrected chi connectivity index (χ3v) is 5.27. The van der Waals surface area contributed by atoms with Gasteiger partial charge in [-0.3, -0.25) is 0 Å². The van der Waals surface area contributed by atoms with Crippen LogP contribution in [0.3, 0.4) is 0 Å². The molecule has 1 N–H and O–H groups in total. The lowest BCUT2D eigenvalue weighted by atomic mass is 9.86. The number of benzene rings is 3. The molecule has 4 heteroatoms. The van der Waals surface area contributed by atoms with E-state index in [2.05, 4.69) is 38.2 Å². The van der Waals surface area contributed by atoms with Gasteiger partial charge in [0.15, 0.2) is 0 Å². The zero-order valence-corrected chi connectivity index (χ0v) is 17.7. The number of hydrogen-bond acceptors (Lipinski definition) is 3. The Labute approximate surface area is 177 Å². The highest BCUT2D eigenvalue weighted by Gasteiger charge is 2.28. The highest BCUT2D eigenvalue weighted by Crippen LogP contribution is 2.40. The molecule has 3 aromatic rings. The molecule has 1 aliphatic heterocycles. The Morgan fingerprint density at radius 2 is 1.70 bits per heavy atom. The number of halogens is 1. The smallest absolute Gasteiger partial charge is 0.126 e. The summed E-state index contributed by atoms with van der Waals surface area (Å²) in [7, 11) is 1.60. The van der Waals surface area contributed by atoms with Crippen LogP contribution in [0.2, 0.25) is 0 Å². The molecule has 0 radical (unpaired) electrons. The second kappa shape index (κ2) is 7.86. The van der Waals surface area contributed by atoms with Crippen molar-refractivity contribution in [3.05, 3.63) is 84.2 Å². The summed E-state index contributed by atoms with van der Waals surface area (Å²) >= 11 is 0. The van der Waals surface area contributed by atoms with Gasteiger partial charge in [-0.05, 0) is 74.4 Å². The van der Waals surface area contributed by atoms with Crippen LogP contribution in [0, 0.1) is 5.82 Å². The zero-order valence-electron chi connectivity index (χ0n) is 17.7. The van der Waals surface area contributed by atoms with Crippen molar-refractivity contribution in [2.75, 3.05) is 12.4 Å². The first kappa shape index (κ1) is 20.0. The van der Waals surface area contributed by atoms with E-state index in [1.807, 2.05) is 42.5 Å². The lowest BCUT2D eigenvalue weighted by molar-refractivity contribution is 0.277. The maximum Gasteiger partial charge on any atom is 0.126 e. The minimum atomic E-state index is -0.292. The van der Waals surface area contributed by atoms with Crippen molar-refractivity contribution in [2.45, 2.75) is 32.4 Å². The molecule has 0 aliphatic carbocycles. The van der Waals surface area contributed by atoms with E-state index in [0.29, 0.717) is 5.75 Å². The molecule has 0 amide bonds. The number of hydrogen-bond donors (Lipinski definition) is 1. The third kappa shape index (κ3) is 4.04. The highest BCUT2D eigenvalue weighted by molar-refractivity contribution is 5.87. The molecule has 1 unspecified atom stereocenters. The Kier molecular flexibility index (Phi) is 5.25. The summed E-state index contributed by atoms with van der Waals surface area (Å²) in [5.74, 6) is 1.17. The summed E-state index contributed by atoms with van der Waals surface area (Å²) in [6, 6.07) is 20.5. The van der Waals surface area contributed by atoms with Gasteiger partial charge in [0.05, 0.1) is 12.6 Å². The molecule has 3 nitrogen and oxygen atoms in total. The molecule has 0 saturated carbocycles. The Morgan fingerprint density at radius 3 is 2.43 bits per heavy atom. The molecule has 1 heterocycles. The van der Waals surface area contributed by atoms with E-state index in [9.17, 15) is 4.39 Å². The number of rotatable bonds is 5. The highest BCUT2D eigenvalue weighted by atomic mass is 19.1. The van der Waals surface area contributed by atoms with Gasteiger partial charge in [0.1, 0.15) is 23.4 Å². The van der Waals surface area contributed by atoms with Gasteiger partial charge in [-0.25, -0.2) is 4.39 Å². The first-order valence-electron chi connectivity index (χ1n) is 10.1. The van der Waals surface area contributed by atoms with Crippen LogP contribution < -0.4 is 14.8 Å². The van der Waals surface area contributed by atoms with E-state index in [4.69, 9.17) is 9.47 Å². The predicted molar refractivity (Wildman–Crippen MR) is 121 cm³/mol. The molecule has 0 spiro atoms. The minimum Gasteiger partial charge on any atom is -0.496 e. The molecule has 0 saturated heterocycles. The van der Waals surface area contributed by atoms with Gasteiger partial charge < -0.3 is 14.8 Å². The van der Waals surface area contributed by atoms with E-state index in [-0.39, 0.29) is 17.5 Å². The van der Waals surface area contributed by atoms with Crippen molar-refractivity contribution in [2.24, 2.45) is 0 Å². The maximum absolute atomic E-state index is 14.0. The number of anilines is 1. The van der Waals surface area contributed by atoms with Gasteiger partial charge in [0, 0.05) is 16.8 Å². The second-order valence-corrected chi connectivity index (χ2v) is 8.12. The number of methoxy groups -OCH3 is 1.